The lowest BCUT2D eigenvalue weighted by atomic mass is 9.93. The van der Waals surface area contributed by atoms with E-state index in [9.17, 15) is 0 Å². The molecule has 0 radical (unpaired) electrons. The molecular formula is C19H25NSi. The molecule has 0 fully saturated rings. The van der Waals surface area contributed by atoms with E-state index >= 15 is 0 Å². The molecule has 1 nitrogen and oxygen atoms in total. The van der Waals surface area contributed by atoms with Gasteiger partial charge in [0, 0.05) is 21.0 Å². The molecule has 2 aromatic rings. The number of nitrogens with one attached hydrogen (secondary N) is 1. The standard InChI is InChI=1S/C19H25NSi/c1-3-21(4-2)16-13-18-17(15-9-6-5-7-10-15)11-8-12-19(18)20-14-16/h5-12,16,20-21H,3-4,13-14H2,1-2H3/t16-/m1/s1. The molecule has 0 spiro atoms. The van der Waals surface area contributed by atoms with E-state index in [1.807, 2.05) is 0 Å². The van der Waals surface area contributed by atoms with Gasteiger partial charge in [-0.2, -0.15) is 0 Å². The lowest BCUT2D eigenvalue weighted by Gasteiger charge is -2.32. The maximum atomic E-state index is 3.71. The molecule has 0 bridgehead atoms. The van der Waals surface area contributed by atoms with E-state index in [0.29, 0.717) is 0 Å². The zero-order chi connectivity index (χ0) is 14.7. The average molecular weight is 296 g/mol. The summed E-state index contributed by atoms with van der Waals surface area (Å²) in [5, 5.41) is 3.71. The molecule has 110 valence electrons. The van der Waals surface area contributed by atoms with Gasteiger partial charge < -0.3 is 5.32 Å². The van der Waals surface area contributed by atoms with Crippen LogP contribution in [0.5, 0.6) is 0 Å². The zero-order valence-corrected chi connectivity index (χ0v) is 14.3. The summed E-state index contributed by atoms with van der Waals surface area (Å²) >= 11 is 0. The minimum absolute atomic E-state index is 0.609. The highest BCUT2D eigenvalue weighted by Crippen LogP contribution is 2.37. The topological polar surface area (TPSA) is 12.0 Å². The van der Waals surface area contributed by atoms with Crippen LogP contribution in [0.15, 0.2) is 48.5 Å². The molecule has 1 N–H and O–H groups in total. The molecule has 1 aliphatic rings. The van der Waals surface area contributed by atoms with Crippen molar-refractivity contribution in [1.29, 1.82) is 0 Å². The summed E-state index contributed by atoms with van der Waals surface area (Å²) in [7, 11) is -0.609. The summed E-state index contributed by atoms with van der Waals surface area (Å²) in [6, 6.07) is 20.4. The van der Waals surface area contributed by atoms with Crippen LogP contribution in [0.2, 0.25) is 17.6 Å². The molecule has 21 heavy (non-hydrogen) atoms. The lowest BCUT2D eigenvalue weighted by molar-refractivity contribution is 0.797. The first-order chi connectivity index (χ1) is 10.3. The largest absolute Gasteiger partial charge is 0.385 e. The first kappa shape index (κ1) is 14.4. The second-order valence-electron chi connectivity index (χ2n) is 6.12. The fourth-order valence-corrected chi connectivity index (χ4v) is 6.66. The number of fused-ring (bicyclic) bond motifs is 1. The van der Waals surface area contributed by atoms with E-state index in [-0.39, 0.29) is 0 Å². The third-order valence-corrected chi connectivity index (χ3v) is 8.90. The van der Waals surface area contributed by atoms with Crippen LogP contribution in [0.1, 0.15) is 19.4 Å². The lowest BCUT2D eigenvalue weighted by Crippen LogP contribution is -2.30. The summed E-state index contributed by atoms with van der Waals surface area (Å²) in [4.78, 5) is 0. The van der Waals surface area contributed by atoms with Crippen molar-refractivity contribution in [2.75, 3.05) is 11.9 Å². The molecule has 2 heteroatoms. The van der Waals surface area contributed by atoms with E-state index in [1.165, 1.54) is 41.9 Å². The molecule has 1 aliphatic heterocycles. The summed E-state index contributed by atoms with van der Waals surface area (Å²) < 4.78 is 0. The summed E-state index contributed by atoms with van der Waals surface area (Å²) in [6.07, 6.45) is 1.27. The van der Waals surface area contributed by atoms with Crippen LogP contribution < -0.4 is 5.32 Å². The van der Waals surface area contributed by atoms with E-state index in [4.69, 9.17) is 0 Å². The predicted molar refractivity (Wildman–Crippen MR) is 95.9 cm³/mol. The number of benzene rings is 2. The van der Waals surface area contributed by atoms with Crippen molar-refractivity contribution in [3.63, 3.8) is 0 Å². The quantitative estimate of drug-likeness (QED) is 0.786. The number of rotatable bonds is 4. The Kier molecular flexibility index (Phi) is 4.44. The Morgan fingerprint density at radius 3 is 2.48 bits per heavy atom. The molecule has 0 saturated carbocycles. The van der Waals surface area contributed by atoms with Crippen LogP contribution >= 0.6 is 0 Å². The SMILES string of the molecule is CC[SiH](CC)[C@H]1CNc2cccc(-c3ccccc3)c2C1. The van der Waals surface area contributed by atoms with Gasteiger partial charge in [-0.25, -0.2) is 0 Å². The highest BCUT2D eigenvalue weighted by atomic mass is 28.3. The van der Waals surface area contributed by atoms with Crippen LogP contribution in [-0.4, -0.2) is 15.3 Å². The fraction of sp³-hybridized carbons (Fsp3) is 0.368. The number of hydrogen-bond donors (Lipinski definition) is 1. The van der Waals surface area contributed by atoms with E-state index in [2.05, 4.69) is 67.7 Å². The Balaban J connectivity index is 1.96. The first-order valence-electron chi connectivity index (χ1n) is 8.24. The van der Waals surface area contributed by atoms with Crippen LogP contribution in [0.3, 0.4) is 0 Å². The van der Waals surface area contributed by atoms with Gasteiger partial charge in [-0.1, -0.05) is 68.4 Å². The third kappa shape index (κ3) is 2.91. The Hall–Kier alpha value is -1.54. The molecule has 1 atom stereocenters. The molecule has 0 amide bonds. The monoisotopic (exact) mass is 295 g/mol. The van der Waals surface area contributed by atoms with Crippen molar-refractivity contribution in [3.05, 3.63) is 54.1 Å². The number of anilines is 1. The van der Waals surface area contributed by atoms with Gasteiger partial charge >= 0.3 is 0 Å². The van der Waals surface area contributed by atoms with Gasteiger partial charge in [-0.15, -0.1) is 0 Å². The highest BCUT2D eigenvalue weighted by Gasteiger charge is 2.26. The first-order valence-corrected chi connectivity index (χ1v) is 10.5. The van der Waals surface area contributed by atoms with Crippen molar-refractivity contribution >= 4 is 14.5 Å². The fourth-order valence-electron chi connectivity index (χ4n) is 3.72. The van der Waals surface area contributed by atoms with Gasteiger partial charge in [-0.05, 0) is 34.7 Å². The second kappa shape index (κ2) is 6.48. The molecule has 2 aromatic carbocycles. The van der Waals surface area contributed by atoms with Crippen LogP contribution in [0, 0.1) is 0 Å². The van der Waals surface area contributed by atoms with Crippen LogP contribution in [-0.2, 0) is 6.42 Å². The molecule has 0 aliphatic carbocycles. The molecule has 0 aromatic heterocycles. The summed E-state index contributed by atoms with van der Waals surface area (Å²) in [5.74, 6) is 0. The van der Waals surface area contributed by atoms with Gasteiger partial charge in [0.15, 0.2) is 0 Å². The van der Waals surface area contributed by atoms with E-state index in [1.54, 1.807) is 5.56 Å². The molecule has 3 rings (SSSR count). The smallest absolute Gasteiger partial charge is 0.0419 e. The minimum atomic E-state index is -0.609. The predicted octanol–water partition coefficient (Wildman–Crippen LogP) is 4.96. The molecular weight excluding hydrogens is 270 g/mol. The van der Waals surface area contributed by atoms with Gasteiger partial charge in [0.1, 0.15) is 0 Å². The van der Waals surface area contributed by atoms with Gasteiger partial charge in [0.25, 0.3) is 0 Å². The Labute approximate surface area is 130 Å². The maximum Gasteiger partial charge on any atom is 0.0419 e. The van der Waals surface area contributed by atoms with Crippen molar-refractivity contribution in [3.8, 4) is 11.1 Å². The zero-order valence-electron chi connectivity index (χ0n) is 13.1. The van der Waals surface area contributed by atoms with Gasteiger partial charge in [-0.3, -0.25) is 0 Å². The Morgan fingerprint density at radius 2 is 1.76 bits per heavy atom. The van der Waals surface area contributed by atoms with Crippen molar-refractivity contribution in [2.45, 2.75) is 37.9 Å². The normalized spacial score (nSPS) is 17.4. The van der Waals surface area contributed by atoms with Crippen molar-refractivity contribution < 1.29 is 0 Å². The minimum Gasteiger partial charge on any atom is -0.385 e. The number of hydrogen-bond acceptors (Lipinski definition) is 1. The van der Waals surface area contributed by atoms with E-state index < -0.39 is 8.80 Å². The average Bonchev–Trinajstić information content (AvgIpc) is 2.56. The summed E-state index contributed by atoms with van der Waals surface area (Å²) in [5.41, 5.74) is 6.57. The van der Waals surface area contributed by atoms with E-state index in [0.717, 1.165) is 5.54 Å². The molecule has 0 unspecified atom stereocenters. The van der Waals surface area contributed by atoms with Crippen molar-refractivity contribution in [1.82, 2.24) is 0 Å². The van der Waals surface area contributed by atoms with Gasteiger partial charge in [0.05, 0.1) is 0 Å². The van der Waals surface area contributed by atoms with Crippen LogP contribution in [0.4, 0.5) is 5.69 Å². The van der Waals surface area contributed by atoms with Crippen molar-refractivity contribution in [2.24, 2.45) is 0 Å². The third-order valence-electron chi connectivity index (χ3n) is 5.00. The Bertz CT molecular complexity index is 590. The Morgan fingerprint density at radius 1 is 1.00 bits per heavy atom. The summed E-state index contributed by atoms with van der Waals surface area (Å²) in [6.45, 7) is 5.96. The molecule has 0 saturated heterocycles. The van der Waals surface area contributed by atoms with Gasteiger partial charge in [0.2, 0.25) is 0 Å². The van der Waals surface area contributed by atoms with Crippen LogP contribution in [0.25, 0.3) is 11.1 Å². The second-order valence-corrected chi connectivity index (χ2v) is 10.2. The highest BCUT2D eigenvalue weighted by molar-refractivity contribution is 6.60. The maximum absolute atomic E-state index is 3.71. The molecule has 1 heterocycles.